The Hall–Kier alpha value is -1.34. The minimum Gasteiger partial charge on any atom is -0.396 e. The zero-order valence-corrected chi connectivity index (χ0v) is 17.1. The standard InChI is InChI=1S/C19H39N5O2/c1-5-20-19(22-15-18(6-13-25)14-16(2)3)21-7-8-23-9-11-24(12-10-23)17(4)26/h16,18,25H,5-15H2,1-4H3,(H2,20,21,22). The van der Waals surface area contributed by atoms with Gasteiger partial charge in [-0.3, -0.25) is 14.7 Å². The second-order valence-electron chi connectivity index (χ2n) is 7.50. The summed E-state index contributed by atoms with van der Waals surface area (Å²) in [5, 5.41) is 16.0. The van der Waals surface area contributed by atoms with E-state index in [9.17, 15) is 9.90 Å². The molecule has 0 bridgehead atoms. The highest BCUT2D eigenvalue weighted by atomic mass is 16.3. The molecule has 0 spiro atoms. The van der Waals surface area contributed by atoms with Gasteiger partial charge in [-0.05, 0) is 31.6 Å². The zero-order valence-electron chi connectivity index (χ0n) is 17.1. The summed E-state index contributed by atoms with van der Waals surface area (Å²) < 4.78 is 0. The Morgan fingerprint density at radius 2 is 1.88 bits per heavy atom. The van der Waals surface area contributed by atoms with E-state index >= 15 is 0 Å². The van der Waals surface area contributed by atoms with E-state index in [1.54, 1.807) is 6.92 Å². The lowest BCUT2D eigenvalue weighted by molar-refractivity contribution is -0.130. The second-order valence-corrected chi connectivity index (χ2v) is 7.50. The predicted molar refractivity (Wildman–Crippen MR) is 107 cm³/mol. The Kier molecular flexibility index (Phi) is 11.3. The smallest absolute Gasteiger partial charge is 0.219 e. The van der Waals surface area contributed by atoms with Crippen LogP contribution in [-0.4, -0.2) is 85.7 Å². The highest BCUT2D eigenvalue weighted by molar-refractivity contribution is 5.79. The van der Waals surface area contributed by atoms with Crippen molar-refractivity contribution >= 4 is 11.9 Å². The van der Waals surface area contributed by atoms with Crippen LogP contribution < -0.4 is 10.6 Å². The average molecular weight is 370 g/mol. The molecule has 1 saturated heterocycles. The van der Waals surface area contributed by atoms with Gasteiger partial charge in [0.25, 0.3) is 0 Å². The molecule has 3 N–H and O–H groups in total. The monoisotopic (exact) mass is 369 g/mol. The molecular weight excluding hydrogens is 330 g/mol. The van der Waals surface area contributed by atoms with E-state index in [-0.39, 0.29) is 12.5 Å². The van der Waals surface area contributed by atoms with Crippen molar-refractivity contribution in [3.8, 4) is 0 Å². The fourth-order valence-corrected chi connectivity index (χ4v) is 3.31. The van der Waals surface area contributed by atoms with E-state index in [1.165, 1.54) is 0 Å². The SMILES string of the molecule is CCNC(=NCC(CCO)CC(C)C)NCCN1CCN(C(C)=O)CC1. The molecule has 0 aliphatic carbocycles. The van der Waals surface area contributed by atoms with Crippen LogP contribution in [0.1, 0.15) is 40.5 Å². The number of aliphatic hydroxyl groups excluding tert-OH is 1. The lowest BCUT2D eigenvalue weighted by Crippen LogP contribution is -2.50. The Bertz CT molecular complexity index is 420. The molecule has 1 atom stereocenters. The number of nitrogens with zero attached hydrogens (tertiary/aromatic N) is 3. The Balaban J connectivity index is 2.38. The minimum absolute atomic E-state index is 0.170. The summed E-state index contributed by atoms with van der Waals surface area (Å²) in [6.07, 6.45) is 1.89. The van der Waals surface area contributed by atoms with Crippen molar-refractivity contribution in [1.29, 1.82) is 0 Å². The van der Waals surface area contributed by atoms with Crippen LogP contribution >= 0.6 is 0 Å². The summed E-state index contributed by atoms with van der Waals surface area (Å²) in [4.78, 5) is 20.4. The normalized spacial score (nSPS) is 17.5. The van der Waals surface area contributed by atoms with Crippen LogP contribution in [0.2, 0.25) is 0 Å². The predicted octanol–water partition coefficient (Wildman–Crippen LogP) is 0.750. The van der Waals surface area contributed by atoms with Gasteiger partial charge in [-0.25, -0.2) is 0 Å². The molecule has 0 saturated carbocycles. The number of rotatable bonds is 10. The van der Waals surface area contributed by atoms with Crippen molar-refractivity contribution in [2.45, 2.75) is 40.5 Å². The van der Waals surface area contributed by atoms with Crippen LogP contribution in [0.3, 0.4) is 0 Å². The lowest BCUT2D eigenvalue weighted by Gasteiger charge is -2.34. The van der Waals surface area contributed by atoms with Crippen LogP contribution in [-0.2, 0) is 4.79 Å². The molecule has 1 aliphatic heterocycles. The Morgan fingerprint density at radius 1 is 1.19 bits per heavy atom. The average Bonchev–Trinajstić information content (AvgIpc) is 2.59. The third-order valence-corrected chi connectivity index (χ3v) is 4.73. The van der Waals surface area contributed by atoms with E-state index in [0.717, 1.165) is 71.2 Å². The zero-order chi connectivity index (χ0) is 19.4. The second kappa shape index (κ2) is 12.9. The molecular formula is C19H39N5O2. The number of piperazine rings is 1. The molecule has 1 rings (SSSR count). The molecule has 152 valence electrons. The molecule has 0 aromatic carbocycles. The number of hydrogen-bond acceptors (Lipinski definition) is 4. The molecule has 1 amide bonds. The maximum absolute atomic E-state index is 11.4. The highest BCUT2D eigenvalue weighted by Crippen LogP contribution is 2.15. The van der Waals surface area contributed by atoms with Gasteiger partial charge in [-0.15, -0.1) is 0 Å². The first-order valence-electron chi connectivity index (χ1n) is 10.1. The summed E-state index contributed by atoms with van der Waals surface area (Å²) in [7, 11) is 0. The number of guanidine groups is 1. The van der Waals surface area contributed by atoms with Crippen molar-refractivity contribution in [2.75, 3.05) is 59.0 Å². The third-order valence-electron chi connectivity index (χ3n) is 4.73. The van der Waals surface area contributed by atoms with Crippen molar-refractivity contribution in [1.82, 2.24) is 20.4 Å². The van der Waals surface area contributed by atoms with Gasteiger partial charge in [-0.1, -0.05) is 13.8 Å². The first-order chi connectivity index (χ1) is 12.5. The van der Waals surface area contributed by atoms with Crippen molar-refractivity contribution in [3.05, 3.63) is 0 Å². The van der Waals surface area contributed by atoms with Crippen molar-refractivity contribution in [3.63, 3.8) is 0 Å². The van der Waals surface area contributed by atoms with Gasteiger partial charge in [0.1, 0.15) is 0 Å². The van der Waals surface area contributed by atoms with Crippen molar-refractivity contribution in [2.24, 2.45) is 16.8 Å². The number of carbonyl (C=O) groups is 1. The number of carbonyl (C=O) groups excluding carboxylic acids is 1. The first-order valence-corrected chi connectivity index (χ1v) is 10.1. The summed E-state index contributed by atoms with van der Waals surface area (Å²) in [5.74, 6) is 2.06. The minimum atomic E-state index is 0.170. The number of aliphatic hydroxyl groups is 1. The van der Waals surface area contributed by atoms with Gasteiger partial charge in [0, 0.05) is 65.9 Å². The van der Waals surface area contributed by atoms with E-state index in [2.05, 4.69) is 36.3 Å². The molecule has 0 aromatic rings. The van der Waals surface area contributed by atoms with E-state index in [1.807, 2.05) is 4.90 Å². The van der Waals surface area contributed by atoms with Gasteiger partial charge < -0.3 is 20.6 Å². The first kappa shape index (κ1) is 22.7. The topological polar surface area (TPSA) is 80.2 Å². The van der Waals surface area contributed by atoms with Crippen LogP contribution in [0.5, 0.6) is 0 Å². The molecule has 7 nitrogen and oxygen atoms in total. The molecule has 1 unspecified atom stereocenters. The fourth-order valence-electron chi connectivity index (χ4n) is 3.31. The van der Waals surface area contributed by atoms with Crippen LogP contribution in [0, 0.1) is 11.8 Å². The molecule has 1 heterocycles. The Labute approximate surface area is 159 Å². The van der Waals surface area contributed by atoms with Gasteiger partial charge in [0.15, 0.2) is 5.96 Å². The number of hydrogen-bond donors (Lipinski definition) is 3. The number of amides is 1. The van der Waals surface area contributed by atoms with Crippen LogP contribution in [0.4, 0.5) is 0 Å². The quantitative estimate of drug-likeness (QED) is 0.391. The van der Waals surface area contributed by atoms with Gasteiger partial charge >= 0.3 is 0 Å². The molecule has 1 fully saturated rings. The number of nitrogens with one attached hydrogen (secondary N) is 2. The maximum Gasteiger partial charge on any atom is 0.219 e. The highest BCUT2D eigenvalue weighted by Gasteiger charge is 2.18. The van der Waals surface area contributed by atoms with Gasteiger partial charge in [-0.2, -0.15) is 0 Å². The largest absolute Gasteiger partial charge is 0.396 e. The summed E-state index contributed by atoms with van der Waals surface area (Å²) >= 11 is 0. The molecule has 1 aliphatic rings. The molecule has 26 heavy (non-hydrogen) atoms. The molecule has 0 aromatic heterocycles. The van der Waals surface area contributed by atoms with Crippen LogP contribution in [0.25, 0.3) is 0 Å². The molecule has 7 heteroatoms. The van der Waals surface area contributed by atoms with E-state index in [0.29, 0.717) is 11.8 Å². The van der Waals surface area contributed by atoms with Crippen LogP contribution in [0.15, 0.2) is 4.99 Å². The van der Waals surface area contributed by atoms with Crippen molar-refractivity contribution < 1.29 is 9.90 Å². The van der Waals surface area contributed by atoms with E-state index < -0.39 is 0 Å². The molecule has 0 radical (unpaired) electrons. The van der Waals surface area contributed by atoms with Gasteiger partial charge in [0.2, 0.25) is 5.91 Å². The summed E-state index contributed by atoms with van der Waals surface area (Å²) in [6.45, 7) is 15.2. The van der Waals surface area contributed by atoms with Gasteiger partial charge in [0.05, 0.1) is 0 Å². The Morgan fingerprint density at radius 3 is 2.42 bits per heavy atom. The summed E-state index contributed by atoms with van der Waals surface area (Å²) in [6, 6.07) is 0. The fraction of sp³-hybridized carbons (Fsp3) is 0.895. The van der Waals surface area contributed by atoms with E-state index in [4.69, 9.17) is 4.99 Å². The number of aliphatic imine (C=N–C) groups is 1. The summed E-state index contributed by atoms with van der Waals surface area (Å²) in [5.41, 5.74) is 0. The third kappa shape index (κ3) is 9.38. The maximum atomic E-state index is 11.4. The lowest BCUT2D eigenvalue weighted by atomic mass is 9.94.